The van der Waals surface area contributed by atoms with Gasteiger partial charge in [-0.05, 0) is 37.5 Å². The minimum absolute atomic E-state index is 0.0316. The third-order valence-electron chi connectivity index (χ3n) is 3.29. The highest BCUT2D eigenvalue weighted by molar-refractivity contribution is 5.33. The Kier molecular flexibility index (Phi) is 4.32. The third-order valence-corrected chi connectivity index (χ3v) is 3.29. The number of halogens is 3. The van der Waals surface area contributed by atoms with Crippen molar-refractivity contribution < 1.29 is 13.2 Å². The van der Waals surface area contributed by atoms with Crippen LogP contribution in [0.25, 0.3) is 0 Å². The number of nitrogens with zero attached hydrogens (tertiary/aromatic N) is 1. The zero-order valence-electron chi connectivity index (χ0n) is 11.9. The molecule has 1 aromatic carbocycles. The molecule has 0 saturated heterocycles. The van der Waals surface area contributed by atoms with E-state index in [0.29, 0.717) is 6.42 Å². The van der Waals surface area contributed by atoms with Crippen LogP contribution in [0.15, 0.2) is 36.7 Å². The fourth-order valence-corrected chi connectivity index (χ4v) is 2.51. The highest BCUT2D eigenvalue weighted by Crippen LogP contribution is 2.34. The van der Waals surface area contributed by atoms with Gasteiger partial charge in [-0.3, -0.25) is 4.98 Å². The summed E-state index contributed by atoms with van der Waals surface area (Å²) < 4.78 is 39.0. The maximum atomic E-state index is 13.0. The van der Waals surface area contributed by atoms with Crippen LogP contribution in [0.3, 0.4) is 0 Å². The molecular formula is C16H17F3N2. The lowest BCUT2D eigenvalue weighted by Gasteiger charge is -2.18. The van der Waals surface area contributed by atoms with E-state index in [-0.39, 0.29) is 5.56 Å². The molecule has 2 aromatic rings. The SMILES string of the molecule is Cc1cc(C)cc(CC(N)c2cnccc2C(F)(F)F)c1. The molecule has 2 nitrogen and oxygen atoms in total. The van der Waals surface area contributed by atoms with Crippen molar-refractivity contribution in [2.75, 3.05) is 0 Å². The standard InChI is InChI=1S/C16H17F3N2/c1-10-5-11(2)7-12(6-10)8-15(20)13-9-21-4-3-14(13)16(17,18)19/h3-7,9,15H,8,20H2,1-2H3. The minimum atomic E-state index is -4.42. The third kappa shape index (κ3) is 3.82. The van der Waals surface area contributed by atoms with Gasteiger partial charge < -0.3 is 5.73 Å². The summed E-state index contributed by atoms with van der Waals surface area (Å²) in [6.07, 6.45) is -1.73. The van der Waals surface area contributed by atoms with Crippen LogP contribution >= 0.6 is 0 Å². The van der Waals surface area contributed by atoms with Crippen LogP contribution in [0.2, 0.25) is 0 Å². The number of alkyl halides is 3. The maximum Gasteiger partial charge on any atom is 0.416 e. The average Bonchev–Trinajstić information content (AvgIpc) is 2.36. The lowest BCUT2D eigenvalue weighted by molar-refractivity contribution is -0.138. The van der Waals surface area contributed by atoms with Gasteiger partial charge in [0.2, 0.25) is 0 Å². The number of aromatic nitrogens is 1. The van der Waals surface area contributed by atoms with Gasteiger partial charge in [-0.2, -0.15) is 13.2 Å². The second-order valence-corrected chi connectivity index (χ2v) is 5.27. The molecule has 1 heterocycles. The van der Waals surface area contributed by atoms with Gasteiger partial charge >= 0.3 is 6.18 Å². The van der Waals surface area contributed by atoms with E-state index in [1.54, 1.807) is 0 Å². The highest BCUT2D eigenvalue weighted by atomic mass is 19.4. The number of nitrogens with two attached hydrogens (primary N) is 1. The normalized spacial score (nSPS) is 13.2. The van der Waals surface area contributed by atoms with E-state index in [1.165, 1.54) is 6.20 Å². The zero-order chi connectivity index (χ0) is 15.6. The average molecular weight is 294 g/mol. The van der Waals surface area contributed by atoms with E-state index in [9.17, 15) is 13.2 Å². The Hall–Kier alpha value is -1.88. The number of aryl methyl sites for hydroxylation is 2. The molecule has 0 radical (unpaired) electrons. The molecule has 1 atom stereocenters. The molecule has 0 amide bonds. The van der Waals surface area contributed by atoms with Gasteiger partial charge in [0, 0.05) is 18.4 Å². The van der Waals surface area contributed by atoms with Crippen molar-refractivity contribution in [2.24, 2.45) is 5.73 Å². The van der Waals surface area contributed by atoms with Gasteiger partial charge in [-0.15, -0.1) is 0 Å². The molecule has 0 fully saturated rings. The molecule has 21 heavy (non-hydrogen) atoms. The molecule has 0 aliphatic heterocycles. The molecular weight excluding hydrogens is 277 g/mol. The van der Waals surface area contributed by atoms with Crippen molar-refractivity contribution in [1.29, 1.82) is 0 Å². The number of rotatable bonds is 3. The summed E-state index contributed by atoms with van der Waals surface area (Å²) in [5.74, 6) is 0. The smallest absolute Gasteiger partial charge is 0.324 e. The summed E-state index contributed by atoms with van der Waals surface area (Å²) in [5.41, 5.74) is 8.37. The van der Waals surface area contributed by atoms with Gasteiger partial charge in [0.1, 0.15) is 0 Å². The Morgan fingerprint density at radius 2 is 1.76 bits per heavy atom. The fraction of sp³-hybridized carbons (Fsp3) is 0.312. The van der Waals surface area contributed by atoms with Crippen LogP contribution in [-0.2, 0) is 12.6 Å². The minimum Gasteiger partial charge on any atom is -0.324 e. The van der Waals surface area contributed by atoms with Crippen molar-refractivity contribution >= 4 is 0 Å². The predicted molar refractivity (Wildman–Crippen MR) is 75.8 cm³/mol. The fourth-order valence-electron chi connectivity index (χ4n) is 2.51. The summed E-state index contributed by atoms with van der Waals surface area (Å²) in [6, 6.07) is 6.13. The van der Waals surface area contributed by atoms with Crippen LogP contribution in [0.4, 0.5) is 13.2 Å². The molecule has 0 aliphatic carbocycles. The first-order chi connectivity index (χ1) is 9.77. The molecule has 5 heteroatoms. The van der Waals surface area contributed by atoms with Gasteiger partial charge in [0.15, 0.2) is 0 Å². The zero-order valence-corrected chi connectivity index (χ0v) is 11.9. The maximum absolute atomic E-state index is 13.0. The Labute approximate surface area is 121 Å². The highest BCUT2D eigenvalue weighted by Gasteiger charge is 2.34. The molecule has 112 valence electrons. The molecule has 0 bridgehead atoms. The molecule has 2 rings (SSSR count). The van der Waals surface area contributed by atoms with E-state index < -0.39 is 17.8 Å². The number of hydrogen-bond acceptors (Lipinski definition) is 2. The van der Waals surface area contributed by atoms with E-state index in [1.807, 2.05) is 32.0 Å². The van der Waals surface area contributed by atoms with Crippen LogP contribution < -0.4 is 5.73 Å². The second kappa shape index (κ2) is 5.85. The predicted octanol–water partition coefficient (Wildman–Crippen LogP) is 3.96. The van der Waals surface area contributed by atoms with Gasteiger partial charge in [0.25, 0.3) is 0 Å². The summed E-state index contributed by atoms with van der Waals surface area (Å²) in [6.45, 7) is 3.90. The topological polar surface area (TPSA) is 38.9 Å². The van der Waals surface area contributed by atoms with Crippen LogP contribution in [-0.4, -0.2) is 4.98 Å². The molecule has 2 N–H and O–H groups in total. The van der Waals surface area contributed by atoms with E-state index >= 15 is 0 Å². The summed E-state index contributed by atoms with van der Waals surface area (Å²) in [7, 11) is 0. The van der Waals surface area contributed by atoms with Crippen molar-refractivity contribution in [3.05, 3.63) is 64.5 Å². The van der Waals surface area contributed by atoms with E-state index in [0.717, 1.165) is 29.0 Å². The lowest BCUT2D eigenvalue weighted by atomic mass is 9.95. The first-order valence-corrected chi connectivity index (χ1v) is 6.61. The van der Waals surface area contributed by atoms with Gasteiger partial charge in [0.05, 0.1) is 5.56 Å². The molecule has 1 aromatic heterocycles. The van der Waals surface area contributed by atoms with Crippen molar-refractivity contribution in [1.82, 2.24) is 4.98 Å². The van der Waals surface area contributed by atoms with E-state index in [2.05, 4.69) is 4.98 Å². The van der Waals surface area contributed by atoms with Crippen molar-refractivity contribution in [3.8, 4) is 0 Å². The largest absolute Gasteiger partial charge is 0.416 e. The Bertz CT molecular complexity index is 615. The van der Waals surface area contributed by atoms with E-state index in [4.69, 9.17) is 5.73 Å². The Morgan fingerprint density at radius 3 is 2.33 bits per heavy atom. The van der Waals surface area contributed by atoms with Crippen LogP contribution in [0, 0.1) is 13.8 Å². The molecule has 1 unspecified atom stereocenters. The van der Waals surface area contributed by atoms with Crippen molar-refractivity contribution in [3.63, 3.8) is 0 Å². The quantitative estimate of drug-likeness (QED) is 0.930. The van der Waals surface area contributed by atoms with Crippen LogP contribution in [0.1, 0.15) is 33.9 Å². The first-order valence-electron chi connectivity index (χ1n) is 6.61. The monoisotopic (exact) mass is 294 g/mol. The summed E-state index contributed by atoms with van der Waals surface area (Å²) >= 11 is 0. The van der Waals surface area contributed by atoms with Crippen LogP contribution in [0.5, 0.6) is 0 Å². The van der Waals surface area contributed by atoms with Gasteiger partial charge in [-0.25, -0.2) is 0 Å². The second-order valence-electron chi connectivity index (χ2n) is 5.27. The number of pyridine rings is 1. The molecule has 0 saturated carbocycles. The molecule has 0 spiro atoms. The number of hydrogen-bond donors (Lipinski definition) is 1. The Morgan fingerprint density at radius 1 is 1.14 bits per heavy atom. The Balaban J connectivity index is 2.31. The lowest BCUT2D eigenvalue weighted by Crippen LogP contribution is -2.19. The van der Waals surface area contributed by atoms with Crippen molar-refractivity contribution in [2.45, 2.75) is 32.5 Å². The summed E-state index contributed by atoms with van der Waals surface area (Å²) in [4.78, 5) is 3.78. The first kappa shape index (κ1) is 15.5. The summed E-state index contributed by atoms with van der Waals surface area (Å²) in [5, 5.41) is 0. The number of benzene rings is 1. The molecule has 0 aliphatic rings. The van der Waals surface area contributed by atoms with Gasteiger partial charge in [-0.1, -0.05) is 29.3 Å².